The molecule has 7 nitrogen and oxygen atoms in total. The van der Waals surface area contributed by atoms with Crippen molar-refractivity contribution in [2.75, 3.05) is 0 Å². The van der Waals surface area contributed by atoms with Crippen LogP contribution in [-0.2, 0) is 30.2 Å². The molecule has 0 bridgehead atoms. The van der Waals surface area contributed by atoms with Crippen molar-refractivity contribution in [1.29, 1.82) is 0 Å². The van der Waals surface area contributed by atoms with Crippen LogP contribution in [0.15, 0.2) is 0 Å². The van der Waals surface area contributed by atoms with E-state index in [1.807, 2.05) is 20.8 Å². The first-order valence-electron chi connectivity index (χ1n) is 10.9. The fourth-order valence-electron chi connectivity index (χ4n) is 3.98. The maximum absolute atomic E-state index is 12.9. The lowest BCUT2D eigenvalue weighted by Crippen LogP contribution is -2.53. The van der Waals surface area contributed by atoms with Crippen molar-refractivity contribution in [3.63, 3.8) is 0 Å². The minimum Gasteiger partial charge on any atom is -0.384 e. The van der Waals surface area contributed by atoms with E-state index in [2.05, 4.69) is 0 Å². The van der Waals surface area contributed by atoms with Crippen LogP contribution in [0.4, 0.5) is 0 Å². The molecule has 0 saturated carbocycles. The molecule has 0 spiro atoms. The monoisotopic (exact) mass is 498 g/mol. The second-order valence-corrected chi connectivity index (χ2v) is 16.3. The first-order chi connectivity index (χ1) is 13.7. The highest BCUT2D eigenvalue weighted by atomic mass is 32.5. The number of hydrogen-bond donors (Lipinski definition) is 3. The standard InChI is InChI=1S/C20H41BO7P2S/c1-10-20(11-2,28-29(23,24)19(8,9)22)18(6,7)30(25,31)27-17(4,5)14(3)15-12-13-16(21)26-15/h14-16,22H,10-13H2,1-9H3,(H,23,24)(H,25,31). The molecular weight excluding hydrogens is 457 g/mol. The lowest BCUT2D eigenvalue weighted by atomic mass is 9.84. The van der Waals surface area contributed by atoms with Gasteiger partial charge >= 0.3 is 7.60 Å². The SMILES string of the molecule is [B]C1CCC(C(C)C(C)(C)OP(O)(=S)C(C)(C)C(CC)(CC)OP(=O)(O)C(C)(C)O)O1. The predicted molar refractivity (Wildman–Crippen MR) is 129 cm³/mol. The Bertz CT molecular complexity index is 719. The van der Waals surface area contributed by atoms with Crippen LogP contribution >= 0.6 is 14.1 Å². The van der Waals surface area contributed by atoms with E-state index in [1.165, 1.54) is 13.8 Å². The molecule has 182 valence electrons. The molecule has 2 radical (unpaired) electrons. The van der Waals surface area contributed by atoms with Gasteiger partial charge < -0.3 is 24.2 Å². The zero-order chi connectivity index (χ0) is 24.7. The molecule has 11 heteroatoms. The zero-order valence-corrected chi connectivity index (χ0v) is 23.0. The number of hydrogen-bond acceptors (Lipinski definition) is 6. The van der Waals surface area contributed by atoms with Crippen LogP contribution in [0, 0.1) is 5.92 Å². The van der Waals surface area contributed by atoms with Crippen molar-refractivity contribution in [3.05, 3.63) is 0 Å². The summed E-state index contributed by atoms with van der Waals surface area (Å²) in [7, 11) is 1.41. The summed E-state index contributed by atoms with van der Waals surface area (Å²) < 4.78 is 30.7. The van der Waals surface area contributed by atoms with Crippen LogP contribution in [0.1, 0.15) is 88.0 Å². The van der Waals surface area contributed by atoms with Gasteiger partial charge in [0, 0.05) is 11.9 Å². The molecular formula is C20H41BO7P2S. The second-order valence-electron chi connectivity index (χ2n) is 10.2. The molecule has 1 rings (SSSR count). The second kappa shape index (κ2) is 9.75. The summed E-state index contributed by atoms with van der Waals surface area (Å²) in [6, 6.07) is -0.307. The Labute approximate surface area is 194 Å². The largest absolute Gasteiger partial charge is 0.384 e. The summed E-state index contributed by atoms with van der Waals surface area (Å²) in [4.78, 5) is 22.0. The Hall–Kier alpha value is 0.705. The maximum atomic E-state index is 12.9. The molecule has 1 fully saturated rings. The van der Waals surface area contributed by atoms with E-state index in [-0.39, 0.29) is 30.9 Å². The first kappa shape index (κ1) is 29.7. The normalized spacial score (nSPS) is 26.3. The van der Waals surface area contributed by atoms with Crippen molar-refractivity contribution >= 4 is 33.7 Å². The molecule has 1 saturated heterocycles. The van der Waals surface area contributed by atoms with Gasteiger partial charge in [-0.3, -0.25) is 9.09 Å². The summed E-state index contributed by atoms with van der Waals surface area (Å²) in [5, 5.41) is 7.03. The average Bonchev–Trinajstić information content (AvgIpc) is 3.03. The minimum atomic E-state index is -4.46. The van der Waals surface area contributed by atoms with Gasteiger partial charge in [-0.25, -0.2) is 0 Å². The summed E-state index contributed by atoms with van der Waals surface area (Å²) in [5.41, 5.74) is -2.14. The molecule has 1 aliphatic heterocycles. The van der Waals surface area contributed by atoms with Gasteiger partial charge in [0.05, 0.1) is 22.5 Å². The molecule has 5 unspecified atom stereocenters. The fourth-order valence-corrected chi connectivity index (χ4v) is 8.22. The van der Waals surface area contributed by atoms with Gasteiger partial charge in [0.25, 0.3) is 0 Å². The van der Waals surface area contributed by atoms with E-state index >= 15 is 0 Å². The Morgan fingerprint density at radius 2 is 1.58 bits per heavy atom. The van der Waals surface area contributed by atoms with Crippen LogP contribution in [-0.4, -0.2) is 56.5 Å². The molecule has 0 aliphatic carbocycles. The molecule has 0 aromatic rings. The topological polar surface area (TPSA) is 105 Å². The zero-order valence-electron chi connectivity index (χ0n) is 20.4. The van der Waals surface area contributed by atoms with E-state index in [9.17, 15) is 19.5 Å². The van der Waals surface area contributed by atoms with Gasteiger partial charge in [0.2, 0.25) is 0 Å². The third kappa shape index (κ3) is 6.04. The molecule has 1 aliphatic rings. The Kier molecular flexibility index (Phi) is 9.36. The van der Waals surface area contributed by atoms with E-state index < -0.39 is 35.8 Å². The van der Waals surface area contributed by atoms with Crippen LogP contribution in [0.2, 0.25) is 0 Å². The van der Waals surface area contributed by atoms with Crippen LogP contribution in [0.5, 0.6) is 0 Å². The van der Waals surface area contributed by atoms with Gasteiger partial charge in [0.15, 0.2) is 11.8 Å². The third-order valence-corrected chi connectivity index (χ3v) is 13.2. The Morgan fingerprint density at radius 3 is 1.94 bits per heavy atom. The van der Waals surface area contributed by atoms with Crippen molar-refractivity contribution in [3.8, 4) is 0 Å². The summed E-state index contributed by atoms with van der Waals surface area (Å²) in [5.74, 6) is -0.106. The van der Waals surface area contributed by atoms with E-state index in [1.54, 1.807) is 27.7 Å². The predicted octanol–water partition coefficient (Wildman–Crippen LogP) is 4.66. The van der Waals surface area contributed by atoms with E-state index in [0.717, 1.165) is 12.8 Å². The molecule has 1 heterocycles. The molecule has 0 aromatic heterocycles. The van der Waals surface area contributed by atoms with Gasteiger partial charge in [-0.2, -0.15) is 0 Å². The van der Waals surface area contributed by atoms with Crippen LogP contribution < -0.4 is 0 Å². The lowest BCUT2D eigenvalue weighted by molar-refractivity contribution is -0.0482. The molecule has 0 aromatic carbocycles. The van der Waals surface area contributed by atoms with E-state index in [4.69, 9.17) is 33.4 Å². The van der Waals surface area contributed by atoms with Crippen molar-refractivity contribution in [1.82, 2.24) is 0 Å². The first-order valence-corrected chi connectivity index (χ1v) is 15.2. The lowest BCUT2D eigenvalue weighted by Gasteiger charge is -2.52. The summed E-state index contributed by atoms with van der Waals surface area (Å²) >= 11 is 5.67. The highest BCUT2D eigenvalue weighted by Crippen LogP contribution is 2.68. The average molecular weight is 498 g/mol. The van der Waals surface area contributed by atoms with Crippen molar-refractivity contribution in [2.45, 2.75) is 122 Å². The Balaban J connectivity index is 3.29. The van der Waals surface area contributed by atoms with Crippen LogP contribution in [0.3, 0.4) is 0 Å². The van der Waals surface area contributed by atoms with Crippen molar-refractivity contribution in [2.24, 2.45) is 5.92 Å². The molecule has 5 atom stereocenters. The molecule has 0 amide bonds. The van der Waals surface area contributed by atoms with Gasteiger partial charge in [-0.1, -0.05) is 20.8 Å². The summed E-state index contributed by atoms with van der Waals surface area (Å²) in [6.07, 6.45) is 2.01. The Morgan fingerprint density at radius 1 is 1.10 bits per heavy atom. The smallest absolute Gasteiger partial charge is 0.359 e. The third-order valence-electron chi connectivity index (χ3n) is 7.05. The maximum Gasteiger partial charge on any atom is 0.359 e. The van der Waals surface area contributed by atoms with Crippen LogP contribution in [0.25, 0.3) is 0 Å². The molecule has 3 N–H and O–H groups in total. The van der Waals surface area contributed by atoms with Crippen molar-refractivity contribution < 1.29 is 33.2 Å². The van der Waals surface area contributed by atoms with Gasteiger partial charge in [-0.05, 0) is 79.0 Å². The minimum absolute atomic E-state index is 0.106. The summed E-state index contributed by atoms with van der Waals surface area (Å²) in [6.45, 7) is 11.5. The van der Waals surface area contributed by atoms with E-state index in [0.29, 0.717) is 0 Å². The highest BCUT2D eigenvalue weighted by molar-refractivity contribution is 8.10. The van der Waals surface area contributed by atoms with Gasteiger partial charge in [-0.15, -0.1) is 0 Å². The quantitative estimate of drug-likeness (QED) is 0.279. The highest BCUT2D eigenvalue weighted by Gasteiger charge is 2.59. The van der Waals surface area contributed by atoms with Gasteiger partial charge in [0.1, 0.15) is 7.85 Å². The number of rotatable bonds is 11. The number of ether oxygens (including phenoxy) is 1. The molecule has 31 heavy (non-hydrogen) atoms. The fraction of sp³-hybridized carbons (Fsp3) is 1.00. The number of aliphatic hydroxyl groups is 1.